The van der Waals surface area contributed by atoms with Gasteiger partial charge in [-0.1, -0.05) is 104 Å². The number of ether oxygens (including phenoxy) is 1. The number of hydrogen-bond acceptors (Lipinski definition) is 7. The van der Waals surface area contributed by atoms with Crippen LogP contribution in [0.15, 0.2) is 150 Å². The van der Waals surface area contributed by atoms with Gasteiger partial charge in [-0.2, -0.15) is 5.26 Å². The fourth-order valence-electron chi connectivity index (χ4n) is 6.53. The number of nitrogens with one attached hydrogen (secondary N) is 3. The Balaban J connectivity index is 1.10. The van der Waals surface area contributed by atoms with Gasteiger partial charge in [0.1, 0.15) is 34.4 Å². The third-order valence-corrected chi connectivity index (χ3v) is 11.9. The van der Waals surface area contributed by atoms with Crippen LogP contribution in [0.25, 0.3) is 6.08 Å². The molecule has 8 nitrogen and oxygen atoms in total. The average molecular weight is 789 g/mol. The first-order valence-corrected chi connectivity index (χ1v) is 20.4. The highest BCUT2D eigenvalue weighted by Crippen LogP contribution is 2.42. The zero-order chi connectivity index (χ0) is 39.6. The SMILES string of the molecule is CC1CCc2c(sc(NC(=O)C(Sc3cccc(NC(=O)/C(=C\c4ccc(OCc5ccccc5)cc4)NC(=O)c4ccccc4)c3)c3ccccc3)c2C#N)C1. The van der Waals surface area contributed by atoms with Crippen LogP contribution in [0, 0.1) is 17.2 Å². The molecular weight excluding hydrogens is 749 g/mol. The Morgan fingerprint density at radius 3 is 2.30 bits per heavy atom. The van der Waals surface area contributed by atoms with Crippen LogP contribution in [-0.2, 0) is 29.0 Å². The van der Waals surface area contributed by atoms with Crippen LogP contribution < -0.4 is 20.7 Å². The molecule has 2 unspecified atom stereocenters. The number of carbonyl (C=O) groups is 3. The smallest absolute Gasteiger partial charge is 0.272 e. The highest BCUT2D eigenvalue weighted by molar-refractivity contribution is 8.00. The molecule has 1 aliphatic carbocycles. The minimum Gasteiger partial charge on any atom is -0.489 e. The van der Waals surface area contributed by atoms with E-state index in [0.29, 0.717) is 45.7 Å². The molecule has 0 fully saturated rings. The van der Waals surface area contributed by atoms with E-state index < -0.39 is 17.1 Å². The summed E-state index contributed by atoms with van der Waals surface area (Å²) < 4.78 is 5.93. The number of benzene rings is 5. The van der Waals surface area contributed by atoms with Gasteiger partial charge in [0, 0.05) is 21.0 Å². The molecule has 0 saturated carbocycles. The van der Waals surface area contributed by atoms with Crippen molar-refractivity contribution in [1.29, 1.82) is 5.26 Å². The summed E-state index contributed by atoms with van der Waals surface area (Å²) in [5.41, 5.74) is 5.08. The molecule has 0 aliphatic heterocycles. The van der Waals surface area contributed by atoms with E-state index in [-0.39, 0.29) is 11.6 Å². The maximum absolute atomic E-state index is 14.1. The van der Waals surface area contributed by atoms with Gasteiger partial charge in [-0.15, -0.1) is 23.1 Å². The molecule has 3 amide bonds. The average Bonchev–Trinajstić information content (AvgIpc) is 3.58. The van der Waals surface area contributed by atoms with E-state index in [9.17, 15) is 19.6 Å². The molecule has 1 aromatic heterocycles. The minimum absolute atomic E-state index is 0.0442. The maximum Gasteiger partial charge on any atom is 0.272 e. The molecule has 0 spiro atoms. The van der Waals surface area contributed by atoms with Crippen LogP contribution in [0.5, 0.6) is 5.75 Å². The maximum atomic E-state index is 14.1. The quantitative estimate of drug-likeness (QED) is 0.0792. The predicted molar refractivity (Wildman–Crippen MR) is 228 cm³/mol. The number of carbonyl (C=O) groups excluding carboxylic acids is 3. The Morgan fingerprint density at radius 2 is 1.58 bits per heavy atom. The van der Waals surface area contributed by atoms with Crippen molar-refractivity contribution in [2.45, 2.75) is 42.9 Å². The lowest BCUT2D eigenvalue weighted by Crippen LogP contribution is -2.30. The molecule has 5 aromatic carbocycles. The van der Waals surface area contributed by atoms with Gasteiger partial charge in [0.25, 0.3) is 11.8 Å². The lowest BCUT2D eigenvalue weighted by atomic mass is 9.88. The minimum atomic E-state index is -0.651. The van der Waals surface area contributed by atoms with Gasteiger partial charge in [-0.05, 0) is 96.0 Å². The number of hydrogen-bond donors (Lipinski definition) is 3. The number of nitriles is 1. The van der Waals surface area contributed by atoms with Crippen LogP contribution in [0.1, 0.15) is 61.6 Å². The first kappa shape index (κ1) is 38.8. The first-order valence-electron chi connectivity index (χ1n) is 18.7. The first-order chi connectivity index (χ1) is 27.8. The van der Waals surface area contributed by atoms with Gasteiger partial charge < -0.3 is 20.7 Å². The molecule has 57 heavy (non-hydrogen) atoms. The molecule has 284 valence electrons. The van der Waals surface area contributed by atoms with Crippen molar-refractivity contribution < 1.29 is 19.1 Å². The van der Waals surface area contributed by atoms with Crippen molar-refractivity contribution in [3.8, 4) is 11.8 Å². The third-order valence-electron chi connectivity index (χ3n) is 9.51. The molecule has 1 aliphatic rings. The normalized spacial score (nSPS) is 14.0. The second kappa shape index (κ2) is 18.5. The fraction of sp³-hybridized carbons (Fsp3) is 0.149. The van der Waals surface area contributed by atoms with Crippen LogP contribution in [0.3, 0.4) is 0 Å². The standard InChI is InChI=1S/C47H40N4O4S2/c1-31-20-25-39-40(29-48)47(57-42(39)26-31)51-46(54)43(34-14-7-3-8-15-34)56-38-19-11-18-36(28-38)49-45(53)41(50-44(52)35-16-9-4-10-17-35)27-32-21-23-37(24-22-32)55-30-33-12-5-2-6-13-33/h2-19,21-24,27-28,31,43H,20,25-26,30H2,1H3,(H,49,53)(H,50,52)(H,51,54)/b41-27+. The Labute approximate surface area is 340 Å². The van der Waals surface area contributed by atoms with E-state index in [1.165, 1.54) is 28.0 Å². The van der Waals surface area contributed by atoms with Crippen molar-refractivity contribution in [3.63, 3.8) is 0 Å². The number of thiophene rings is 1. The molecule has 7 rings (SSSR count). The molecular formula is C47H40N4O4S2. The van der Waals surface area contributed by atoms with Crippen LogP contribution >= 0.6 is 23.1 Å². The molecule has 2 atom stereocenters. The van der Waals surface area contributed by atoms with Gasteiger partial charge >= 0.3 is 0 Å². The van der Waals surface area contributed by atoms with E-state index in [2.05, 4.69) is 28.9 Å². The van der Waals surface area contributed by atoms with E-state index in [4.69, 9.17) is 4.74 Å². The van der Waals surface area contributed by atoms with Gasteiger partial charge in [-0.25, -0.2) is 0 Å². The van der Waals surface area contributed by atoms with E-state index >= 15 is 0 Å². The van der Waals surface area contributed by atoms with E-state index in [1.807, 2.05) is 97.1 Å². The summed E-state index contributed by atoms with van der Waals surface area (Å²) in [5, 5.41) is 18.8. The van der Waals surface area contributed by atoms with Gasteiger partial charge in [0.15, 0.2) is 0 Å². The Bertz CT molecular complexity index is 2430. The summed E-state index contributed by atoms with van der Waals surface area (Å²) in [5.74, 6) is 0.0101. The van der Waals surface area contributed by atoms with Crippen molar-refractivity contribution in [3.05, 3.63) is 183 Å². The molecule has 1 heterocycles. The van der Waals surface area contributed by atoms with Crippen LogP contribution in [0.4, 0.5) is 10.7 Å². The van der Waals surface area contributed by atoms with Gasteiger partial charge in [-0.3, -0.25) is 14.4 Å². The molecule has 6 aromatic rings. The van der Waals surface area contributed by atoms with Gasteiger partial charge in [0.2, 0.25) is 5.91 Å². The van der Waals surface area contributed by atoms with E-state index in [0.717, 1.165) is 40.8 Å². The lowest BCUT2D eigenvalue weighted by Gasteiger charge is -2.18. The number of anilines is 2. The molecule has 0 saturated heterocycles. The van der Waals surface area contributed by atoms with Crippen molar-refractivity contribution in [1.82, 2.24) is 5.32 Å². The number of rotatable bonds is 13. The monoisotopic (exact) mass is 788 g/mol. The summed E-state index contributed by atoms with van der Waals surface area (Å²) in [7, 11) is 0. The molecule has 0 radical (unpaired) electrons. The largest absolute Gasteiger partial charge is 0.489 e. The molecule has 3 N–H and O–H groups in total. The van der Waals surface area contributed by atoms with Crippen LogP contribution in [0.2, 0.25) is 0 Å². The topological polar surface area (TPSA) is 120 Å². The third kappa shape index (κ3) is 10.1. The summed E-state index contributed by atoms with van der Waals surface area (Å²) in [6, 6.07) is 44.9. The number of amides is 3. The second-order valence-corrected chi connectivity index (χ2v) is 16.1. The lowest BCUT2D eigenvalue weighted by molar-refractivity contribution is -0.116. The number of fused-ring (bicyclic) bond motifs is 1. The molecule has 10 heteroatoms. The summed E-state index contributed by atoms with van der Waals surface area (Å²) in [6.07, 6.45) is 4.38. The summed E-state index contributed by atoms with van der Waals surface area (Å²) >= 11 is 2.85. The summed E-state index contributed by atoms with van der Waals surface area (Å²) in [6.45, 7) is 2.63. The number of nitrogens with zero attached hydrogens (tertiary/aromatic N) is 1. The summed E-state index contributed by atoms with van der Waals surface area (Å²) in [4.78, 5) is 43.2. The van der Waals surface area contributed by atoms with Gasteiger partial charge in [0.05, 0.1) is 5.56 Å². The van der Waals surface area contributed by atoms with Crippen LogP contribution in [-0.4, -0.2) is 17.7 Å². The predicted octanol–water partition coefficient (Wildman–Crippen LogP) is 10.2. The Morgan fingerprint density at radius 1 is 0.877 bits per heavy atom. The highest BCUT2D eigenvalue weighted by Gasteiger charge is 2.28. The zero-order valence-corrected chi connectivity index (χ0v) is 32.9. The molecule has 0 bridgehead atoms. The zero-order valence-electron chi connectivity index (χ0n) is 31.2. The van der Waals surface area contributed by atoms with Crippen molar-refractivity contribution >= 4 is 57.6 Å². The van der Waals surface area contributed by atoms with Crippen molar-refractivity contribution in [2.75, 3.05) is 10.6 Å². The second-order valence-electron chi connectivity index (χ2n) is 13.8. The van der Waals surface area contributed by atoms with E-state index in [1.54, 1.807) is 48.5 Å². The van der Waals surface area contributed by atoms with Crippen molar-refractivity contribution in [2.24, 2.45) is 5.92 Å². The fourth-order valence-corrected chi connectivity index (χ4v) is 8.97. The number of thioether (sulfide) groups is 1. The highest BCUT2D eigenvalue weighted by atomic mass is 32.2. The Kier molecular flexibility index (Phi) is 12.6. The Hall–Kier alpha value is -6.41.